The van der Waals surface area contributed by atoms with E-state index in [0.29, 0.717) is 24.1 Å². The van der Waals surface area contributed by atoms with Gasteiger partial charge in [-0.1, -0.05) is 13.8 Å². The fourth-order valence-corrected chi connectivity index (χ4v) is 4.28. The van der Waals surface area contributed by atoms with Gasteiger partial charge in [0.2, 0.25) is 5.91 Å². The van der Waals surface area contributed by atoms with Crippen LogP contribution in [-0.2, 0) is 24.1 Å². The average molecular weight is 319 g/mol. The molecule has 0 radical (unpaired) electrons. The van der Waals surface area contributed by atoms with Crippen molar-refractivity contribution in [1.29, 1.82) is 0 Å². The van der Waals surface area contributed by atoms with Gasteiger partial charge >= 0.3 is 0 Å². The molecule has 0 aliphatic heterocycles. The SMILES string of the molecule is CCCC(=O)Nn1c(CC)nc2sc3c(c2c1=O)CCCC3. The lowest BCUT2D eigenvalue weighted by molar-refractivity contribution is -0.117. The number of thiophene rings is 1. The zero-order valence-corrected chi connectivity index (χ0v) is 13.9. The van der Waals surface area contributed by atoms with Gasteiger partial charge in [-0.25, -0.2) is 9.66 Å². The molecule has 0 saturated heterocycles. The van der Waals surface area contributed by atoms with Crippen molar-refractivity contribution in [2.45, 2.75) is 58.8 Å². The molecule has 22 heavy (non-hydrogen) atoms. The summed E-state index contributed by atoms with van der Waals surface area (Å²) in [4.78, 5) is 31.6. The van der Waals surface area contributed by atoms with Gasteiger partial charge in [0.25, 0.3) is 5.56 Å². The number of nitrogens with zero attached hydrogens (tertiary/aromatic N) is 2. The van der Waals surface area contributed by atoms with Gasteiger partial charge in [-0.15, -0.1) is 11.3 Å². The van der Waals surface area contributed by atoms with Crippen LogP contribution in [-0.4, -0.2) is 15.6 Å². The summed E-state index contributed by atoms with van der Waals surface area (Å²) in [6.07, 6.45) is 6.07. The van der Waals surface area contributed by atoms with Crippen molar-refractivity contribution in [2.75, 3.05) is 5.43 Å². The number of hydrogen-bond acceptors (Lipinski definition) is 4. The first-order chi connectivity index (χ1) is 10.7. The number of aryl methyl sites for hydroxylation is 3. The van der Waals surface area contributed by atoms with E-state index >= 15 is 0 Å². The average Bonchev–Trinajstić information content (AvgIpc) is 2.88. The second-order valence-corrected chi connectivity index (χ2v) is 6.78. The Morgan fingerprint density at radius 3 is 2.82 bits per heavy atom. The predicted molar refractivity (Wildman–Crippen MR) is 89.2 cm³/mol. The van der Waals surface area contributed by atoms with Crippen molar-refractivity contribution in [1.82, 2.24) is 9.66 Å². The second kappa shape index (κ2) is 6.20. The molecule has 6 heteroatoms. The molecule has 1 N–H and O–H groups in total. The molecule has 0 fully saturated rings. The summed E-state index contributed by atoms with van der Waals surface area (Å²) >= 11 is 1.64. The van der Waals surface area contributed by atoms with Crippen LogP contribution in [0.4, 0.5) is 0 Å². The van der Waals surface area contributed by atoms with E-state index in [9.17, 15) is 9.59 Å². The van der Waals surface area contributed by atoms with Gasteiger partial charge in [-0.2, -0.15) is 0 Å². The predicted octanol–water partition coefficient (Wildman–Crippen LogP) is 2.77. The summed E-state index contributed by atoms with van der Waals surface area (Å²) in [7, 11) is 0. The van der Waals surface area contributed by atoms with Gasteiger partial charge in [0, 0.05) is 17.7 Å². The summed E-state index contributed by atoms with van der Waals surface area (Å²) < 4.78 is 1.36. The van der Waals surface area contributed by atoms with Crippen LogP contribution in [0, 0.1) is 0 Å². The third kappa shape index (κ3) is 2.56. The minimum atomic E-state index is -0.135. The highest BCUT2D eigenvalue weighted by atomic mass is 32.1. The Bertz CT molecular complexity index is 776. The van der Waals surface area contributed by atoms with E-state index in [0.717, 1.165) is 36.1 Å². The van der Waals surface area contributed by atoms with Gasteiger partial charge in [0.15, 0.2) is 0 Å². The van der Waals surface area contributed by atoms with Crippen LogP contribution in [0.25, 0.3) is 10.2 Å². The van der Waals surface area contributed by atoms with E-state index in [2.05, 4.69) is 10.4 Å². The van der Waals surface area contributed by atoms with Crippen LogP contribution in [0.2, 0.25) is 0 Å². The van der Waals surface area contributed by atoms with Crippen LogP contribution >= 0.6 is 11.3 Å². The monoisotopic (exact) mass is 319 g/mol. The summed E-state index contributed by atoms with van der Waals surface area (Å²) in [5, 5.41) is 0.716. The smallest absolute Gasteiger partial charge is 0.273 e. The molecular weight excluding hydrogens is 298 g/mol. The minimum absolute atomic E-state index is 0.120. The van der Waals surface area contributed by atoms with Crippen molar-refractivity contribution in [2.24, 2.45) is 0 Å². The van der Waals surface area contributed by atoms with E-state index in [1.807, 2.05) is 13.8 Å². The fraction of sp³-hybridized carbons (Fsp3) is 0.562. The van der Waals surface area contributed by atoms with Crippen LogP contribution in [0.15, 0.2) is 4.79 Å². The summed E-state index contributed by atoms with van der Waals surface area (Å²) in [6, 6.07) is 0. The maximum atomic E-state index is 12.9. The van der Waals surface area contributed by atoms with Gasteiger partial charge in [-0.05, 0) is 37.7 Å². The zero-order valence-electron chi connectivity index (χ0n) is 13.1. The number of fused-ring (bicyclic) bond motifs is 3. The fourth-order valence-electron chi connectivity index (χ4n) is 3.01. The van der Waals surface area contributed by atoms with E-state index in [1.165, 1.54) is 16.0 Å². The Kier molecular flexibility index (Phi) is 4.29. The lowest BCUT2D eigenvalue weighted by Crippen LogP contribution is -2.36. The highest BCUT2D eigenvalue weighted by Crippen LogP contribution is 2.33. The number of nitrogens with one attached hydrogen (secondary N) is 1. The first-order valence-electron chi connectivity index (χ1n) is 8.01. The molecule has 1 aliphatic carbocycles. The molecule has 2 heterocycles. The molecule has 3 rings (SSSR count). The number of aromatic nitrogens is 2. The Balaban J connectivity index is 2.16. The maximum Gasteiger partial charge on any atom is 0.281 e. The maximum absolute atomic E-state index is 12.9. The van der Waals surface area contributed by atoms with Crippen molar-refractivity contribution in [3.8, 4) is 0 Å². The second-order valence-electron chi connectivity index (χ2n) is 5.70. The van der Waals surface area contributed by atoms with Crippen LogP contribution in [0.1, 0.15) is 55.8 Å². The van der Waals surface area contributed by atoms with Gasteiger partial charge in [-0.3, -0.25) is 15.0 Å². The van der Waals surface area contributed by atoms with E-state index < -0.39 is 0 Å². The molecule has 2 aromatic rings. The number of amides is 1. The number of carbonyl (C=O) groups excluding carboxylic acids is 1. The number of hydrogen-bond donors (Lipinski definition) is 1. The third-order valence-electron chi connectivity index (χ3n) is 4.09. The topological polar surface area (TPSA) is 64.0 Å². The Hall–Kier alpha value is -1.69. The molecule has 2 aromatic heterocycles. The molecule has 0 aromatic carbocycles. The van der Waals surface area contributed by atoms with Crippen molar-refractivity contribution >= 4 is 27.5 Å². The van der Waals surface area contributed by atoms with Crippen LogP contribution < -0.4 is 11.0 Å². The Morgan fingerprint density at radius 2 is 2.09 bits per heavy atom. The van der Waals surface area contributed by atoms with Gasteiger partial charge in [0.05, 0.1) is 5.39 Å². The number of rotatable bonds is 4. The summed E-state index contributed by atoms with van der Waals surface area (Å²) in [5.41, 5.74) is 3.76. The summed E-state index contributed by atoms with van der Waals surface area (Å²) in [5.74, 6) is 0.491. The van der Waals surface area contributed by atoms with Crippen LogP contribution in [0.5, 0.6) is 0 Å². The Labute approximate surface area is 133 Å². The van der Waals surface area contributed by atoms with E-state index in [4.69, 9.17) is 0 Å². The quantitative estimate of drug-likeness (QED) is 0.942. The molecule has 0 bridgehead atoms. The molecule has 5 nitrogen and oxygen atoms in total. The zero-order chi connectivity index (χ0) is 15.7. The van der Waals surface area contributed by atoms with Crippen molar-refractivity contribution in [3.63, 3.8) is 0 Å². The molecule has 0 spiro atoms. The van der Waals surface area contributed by atoms with E-state index in [-0.39, 0.29) is 11.5 Å². The third-order valence-corrected chi connectivity index (χ3v) is 5.27. The van der Waals surface area contributed by atoms with Crippen LogP contribution in [0.3, 0.4) is 0 Å². The first-order valence-corrected chi connectivity index (χ1v) is 8.83. The Morgan fingerprint density at radius 1 is 1.32 bits per heavy atom. The normalized spacial score (nSPS) is 14.1. The lowest BCUT2D eigenvalue weighted by Gasteiger charge is -2.13. The van der Waals surface area contributed by atoms with Crippen molar-refractivity contribution < 1.29 is 4.79 Å². The molecule has 0 saturated carbocycles. The molecule has 0 atom stereocenters. The molecule has 1 aliphatic rings. The van der Waals surface area contributed by atoms with Gasteiger partial charge < -0.3 is 0 Å². The molecule has 0 unspecified atom stereocenters. The van der Waals surface area contributed by atoms with E-state index in [1.54, 1.807) is 11.3 Å². The molecule has 1 amide bonds. The largest absolute Gasteiger partial charge is 0.281 e. The lowest BCUT2D eigenvalue weighted by atomic mass is 9.97. The highest BCUT2D eigenvalue weighted by molar-refractivity contribution is 7.18. The molecular formula is C16H21N3O2S. The first kappa shape index (κ1) is 15.2. The van der Waals surface area contributed by atoms with Crippen molar-refractivity contribution in [3.05, 3.63) is 26.6 Å². The summed E-state index contributed by atoms with van der Waals surface area (Å²) in [6.45, 7) is 3.89. The number of carbonyl (C=O) groups is 1. The molecule has 118 valence electrons. The van der Waals surface area contributed by atoms with Gasteiger partial charge in [0.1, 0.15) is 10.7 Å². The standard InChI is InChI=1S/C16H21N3O2S/c1-3-7-13(20)18-19-12(4-2)17-15-14(16(19)21)10-8-5-6-9-11(10)22-15/h3-9H2,1-2H3,(H,18,20). The highest BCUT2D eigenvalue weighted by Gasteiger charge is 2.22. The minimum Gasteiger partial charge on any atom is -0.273 e.